The highest BCUT2D eigenvalue weighted by molar-refractivity contribution is 7.91. The van der Waals surface area contributed by atoms with Crippen LogP contribution in [0.25, 0.3) is 0 Å². The Morgan fingerprint density at radius 3 is 2.52 bits per heavy atom. The highest BCUT2D eigenvalue weighted by Crippen LogP contribution is 2.32. The molecule has 0 radical (unpaired) electrons. The van der Waals surface area contributed by atoms with Crippen molar-refractivity contribution in [3.63, 3.8) is 0 Å². The zero-order valence-corrected chi connectivity index (χ0v) is 12.5. The van der Waals surface area contributed by atoms with Gasteiger partial charge in [0.1, 0.15) is 23.4 Å². The Kier molecular flexibility index (Phi) is 3.69. The summed E-state index contributed by atoms with van der Waals surface area (Å²) in [5, 5.41) is 0. The molecule has 1 aliphatic rings. The van der Waals surface area contributed by atoms with Crippen LogP contribution in [-0.2, 0) is 14.6 Å². The minimum atomic E-state index is -3.59. The monoisotopic (exact) mass is 304 g/mol. The second kappa shape index (κ2) is 5.50. The van der Waals surface area contributed by atoms with Gasteiger partial charge >= 0.3 is 0 Å². The van der Waals surface area contributed by atoms with Crippen molar-refractivity contribution in [1.29, 1.82) is 0 Å². The molecule has 4 nitrogen and oxygen atoms in total. The van der Waals surface area contributed by atoms with Crippen LogP contribution in [0.2, 0.25) is 0 Å². The van der Waals surface area contributed by atoms with Crippen LogP contribution in [0.15, 0.2) is 58.3 Å². The summed E-state index contributed by atoms with van der Waals surface area (Å²) >= 11 is 0. The fourth-order valence-corrected chi connectivity index (χ4v) is 3.58. The van der Waals surface area contributed by atoms with Crippen LogP contribution < -0.4 is 4.74 Å². The van der Waals surface area contributed by atoms with Crippen LogP contribution in [0.3, 0.4) is 0 Å². The van der Waals surface area contributed by atoms with Gasteiger partial charge in [0.05, 0.1) is 11.5 Å². The van der Waals surface area contributed by atoms with E-state index < -0.39 is 9.84 Å². The summed E-state index contributed by atoms with van der Waals surface area (Å²) in [6.07, 6.45) is 0.0804. The van der Waals surface area contributed by atoms with Gasteiger partial charge in [-0.1, -0.05) is 30.3 Å². The van der Waals surface area contributed by atoms with Crippen molar-refractivity contribution in [2.45, 2.75) is 22.8 Å². The molecule has 1 saturated heterocycles. The molecule has 0 spiro atoms. The van der Waals surface area contributed by atoms with E-state index in [9.17, 15) is 8.42 Å². The smallest absolute Gasteiger partial charge is 0.210 e. The van der Waals surface area contributed by atoms with E-state index in [1.54, 1.807) is 42.5 Å². The van der Waals surface area contributed by atoms with Crippen molar-refractivity contribution in [3.8, 4) is 5.75 Å². The Labute approximate surface area is 124 Å². The van der Waals surface area contributed by atoms with Crippen molar-refractivity contribution >= 4 is 9.84 Å². The van der Waals surface area contributed by atoms with Crippen LogP contribution in [-0.4, -0.2) is 27.7 Å². The Morgan fingerprint density at radius 1 is 1.14 bits per heavy atom. The van der Waals surface area contributed by atoms with E-state index in [0.717, 1.165) is 5.56 Å². The lowest BCUT2D eigenvalue weighted by molar-refractivity contribution is 0.256. The van der Waals surface area contributed by atoms with Gasteiger partial charge in [0.2, 0.25) is 9.84 Å². The van der Waals surface area contributed by atoms with E-state index >= 15 is 0 Å². The number of ether oxygens (including phenoxy) is 2. The van der Waals surface area contributed by atoms with E-state index in [2.05, 4.69) is 0 Å². The molecule has 0 aromatic heterocycles. The molecule has 1 heterocycles. The second-order valence-electron chi connectivity index (χ2n) is 4.99. The number of sulfone groups is 1. The first-order valence-corrected chi connectivity index (χ1v) is 8.21. The van der Waals surface area contributed by atoms with Gasteiger partial charge in [-0.2, -0.15) is 0 Å². The third-order valence-corrected chi connectivity index (χ3v) is 5.13. The predicted octanol–water partition coefficient (Wildman–Crippen LogP) is 2.61. The molecule has 0 aliphatic carbocycles. The molecule has 2 aromatic rings. The first kappa shape index (κ1) is 14.1. The number of rotatable bonds is 5. The lowest BCUT2D eigenvalue weighted by Gasteiger charge is -2.14. The number of aryl methyl sites for hydroxylation is 1. The summed E-state index contributed by atoms with van der Waals surface area (Å²) in [7, 11) is -3.59. The van der Waals surface area contributed by atoms with Crippen LogP contribution in [0, 0.1) is 6.92 Å². The highest BCUT2D eigenvalue weighted by Gasteiger charge is 2.27. The summed E-state index contributed by atoms with van der Waals surface area (Å²) in [5.41, 5.74) is 0.799. The van der Waals surface area contributed by atoms with Crippen molar-refractivity contribution < 1.29 is 17.9 Å². The minimum absolute atomic E-state index is 0.0804. The Balaban J connectivity index is 2.02. The van der Waals surface area contributed by atoms with Gasteiger partial charge in [-0.3, -0.25) is 0 Å². The van der Waals surface area contributed by atoms with Gasteiger partial charge in [0.15, 0.2) is 0 Å². The molecule has 5 heteroatoms. The minimum Gasteiger partial charge on any atom is -0.489 e. The van der Waals surface area contributed by atoms with E-state index in [-0.39, 0.29) is 15.9 Å². The third-order valence-electron chi connectivity index (χ3n) is 3.33. The van der Waals surface area contributed by atoms with Crippen LogP contribution >= 0.6 is 0 Å². The van der Waals surface area contributed by atoms with Crippen LogP contribution in [0.5, 0.6) is 5.75 Å². The molecule has 0 amide bonds. The highest BCUT2D eigenvalue weighted by atomic mass is 32.2. The SMILES string of the molecule is Cc1cccc(S(=O)(=O)c2ccccc2)c1OCC1CO1. The average Bonchev–Trinajstić information content (AvgIpc) is 3.31. The van der Waals surface area contributed by atoms with Gasteiger partial charge in [-0.05, 0) is 30.7 Å². The Morgan fingerprint density at radius 2 is 1.86 bits per heavy atom. The maximum atomic E-state index is 12.8. The van der Waals surface area contributed by atoms with E-state index in [1.165, 1.54) is 0 Å². The quantitative estimate of drug-likeness (QED) is 0.797. The molecule has 1 unspecified atom stereocenters. The third kappa shape index (κ3) is 2.94. The topological polar surface area (TPSA) is 55.9 Å². The molecule has 110 valence electrons. The van der Waals surface area contributed by atoms with E-state index in [0.29, 0.717) is 19.0 Å². The molecule has 21 heavy (non-hydrogen) atoms. The lowest BCUT2D eigenvalue weighted by Crippen LogP contribution is -2.10. The second-order valence-corrected chi connectivity index (χ2v) is 6.90. The molecule has 0 bridgehead atoms. The van der Waals surface area contributed by atoms with Crippen LogP contribution in [0.1, 0.15) is 5.56 Å². The maximum absolute atomic E-state index is 12.8. The number of benzene rings is 2. The standard InChI is InChI=1S/C16H16O4S/c1-12-6-5-9-15(16(12)20-11-13-10-19-13)21(17,18)14-7-3-2-4-8-14/h2-9,13H,10-11H2,1H3. The first-order valence-electron chi connectivity index (χ1n) is 6.73. The van der Waals surface area contributed by atoms with Gasteiger partial charge in [-0.25, -0.2) is 8.42 Å². The van der Waals surface area contributed by atoms with Gasteiger partial charge in [-0.15, -0.1) is 0 Å². The molecule has 1 aliphatic heterocycles. The van der Waals surface area contributed by atoms with Crippen molar-refractivity contribution in [3.05, 3.63) is 54.1 Å². The lowest BCUT2D eigenvalue weighted by atomic mass is 10.2. The zero-order valence-electron chi connectivity index (χ0n) is 11.7. The van der Waals surface area contributed by atoms with E-state index in [4.69, 9.17) is 9.47 Å². The van der Waals surface area contributed by atoms with Gasteiger partial charge in [0, 0.05) is 0 Å². The van der Waals surface area contributed by atoms with Crippen molar-refractivity contribution in [1.82, 2.24) is 0 Å². The molecular weight excluding hydrogens is 288 g/mol. The van der Waals surface area contributed by atoms with Gasteiger partial charge < -0.3 is 9.47 Å². The normalized spacial score (nSPS) is 17.5. The fraction of sp³-hybridized carbons (Fsp3) is 0.250. The van der Waals surface area contributed by atoms with Crippen molar-refractivity contribution in [2.75, 3.05) is 13.2 Å². The number of hydrogen-bond acceptors (Lipinski definition) is 4. The average molecular weight is 304 g/mol. The maximum Gasteiger partial charge on any atom is 0.210 e. The van der Waals surface area contributed by atoms with Crippen molar-refractivity contribution in [2.24, 2.45) is 0 Å². The molecule has 0 N–H and O–H groups in total. The summed E-state index contributed by atoms with van der Waals surface area (Å²) in [4.78, 5) is 0.470. The molecule has 1 fully saturated rings. The fourth-order valence-electron chi connectivity index (χ4n) is 2.09. The first-order chi connectivity index (χ1) is 10.1. The zero-order chi connectivity index (χ0) is 14.9. The Hall–Kier alpha value is -1.85. The largest absolute Gasteiger partial charge is 0.489 e. The van der Waals surface area contributed by atoms with Gasteiger partial charge in [0.25, 0.3) is 0 Å². The molecule has 1 atom stereocenters. The summed E-state index contributed by atoms with van der Waals surface area (Å²) in [6.45, 7) is 2.89. The summed E-state index contributed by atoms with van der Waals surface area (Å²) < 4.78 is 36.3. The summed E-state index contributed by atoms with van der Waals surface area (Å²) in [6, 6.07) is 13.5. The number of hydrogen-bond donors (Lipinski definition) is 0. The predicted molar refractivity (Wildman–Crippen MR) is 78.3 cm³/mol. The molecule has 3 rings (SSSR count). The molecular formula is C16H16O4S. The molecule has 0 saturated carbocycles. The molecule has 2 aromatic carbocycles. The number of epoxide rings is 1. The Bertz CT molecular complexity index is 734. The number of para-hydroxylation sites is 1. The van der Waals surface area contributed by atoms with E-state index in [1.807, 2.05) is 13.0 Å². The van der Waals surface area contributed by atoms with Crippen LogP contribution in [0.4, 0.5) is 0 Å². The summed E-state index contributed by atoms with van der Waals surface area (Å²) in [5.74, 6) is 0.414.